The summed E-state index contributed by atoms with van der Waals surface area (Å²) >= 11 is 6.28. The molecule has 1 atom stereocenters. The van der Waals surface area contributed by atoms with Gasteiger partial charge < -0.3 is 14.8 Å². The molecule has 1 aromatic carbocycles. The van der Waals surface area contributed by atoms with Crippen LogP contribution in [0.25, 0.3) is 0 Å². The van der Waals surface area contributed by atoms with E-state index in [1.807, 2.05) is 6.07 Å². The minimum Gasteiger partial charge on any atom is -0.493 e. The van der Waals surface area contributed by atoms with Crippen LogP contribution in [0, 0.1) is 5.41 Å². The summed E-state index contributed by atoms with van der Waals surface area (Å²) in [5.41, 5.74) is 3.87. The first-order valence-corrected chi connectivity index (χ1v) is 5.74. The van der Waals surface area contributed by atoms with Gasteiger partial charge >= 0.3 is 0 Å². The van der Waals surface area contributed by atoms with Crippen LogP contribution >= 0.6 is 11.6 Å². The lowest BCUT2D eigenvalue weighted by atomic mass is 10.1. The molecule has 0 radical (unpaired) electrons. The van der Waals surface area contributed by atoms with Gasteiger partial charge in [0.1, 0.15) is 6.17 Å². The molecule has 0 aliphatic carbocycles. The molecule has 3 N–H and O–H groups in total. The fraction of sp³-hybridized carbons (Fsp3) is 0.364. The van der Waals surface area contributed by atoms with Gasteiger partial charge in [0.15, 0.2) is 11.5 Å². The predicted octanol–water partition coefficient (Wildman–Crippen LogP) is 1.33. The van der Waals surface area contributed by atoms with E-state index in [0.717, 1.165) is 5.56 Å². The van der Waals surface area contributed by atoms with E-state index in [2.05, 4.69) is 10.7 Å². The molecule has 7 heteroatoms. The van der Waals surface area contributed by atoms with E-state index in [9.17, 15) is 0 Å². The average molecular weight is 271 g/mol. The Bertz CT molecular complexity index is 480. The summed E-state index contributed by atoms with van der Waals surface area (Å²) in [6, 6.07) is 3.64. The average Bonchev–Trinajstić information content (AvgIpc) is 3.17. The standard InChI is InChI=1S/C11H15ClN4O2/c1-14-11(13)16-10(15-16)6-4-5-7(17-2)9(18-3)8(6)12/h4-5,10,15H,1-3H3,(H2,13,14). The summed E-state index contributed by atoms with van der Waals surface area (Å²) in [4.78, 5) is 0. The van der Waals surface area contributed by atoms with Crippen molar-refractivity contribution >= 4 is 17.6 Å². The fourth-order valence-corrected chi connectivity index (χ4v) is 2.07. The number of hydrogen-bond donors (Lipinski definition) is 3. The van der Waals surface area contributed by atoms with Crippen LogP contribution < -0.4 is 20.2 Å². The highest BCUT2D eigenvalue weighted by atomic mass is 35.5. The van der Waals surface area contributed by atoms with Crippen LogP contribution in [0.2, 0.25) is 5.02 Å². The van der Waals surface area contributed by atoms with Crippen molar-refractivity contribution < 1.29 is 9.47 Å². The molecule has 0 saturated carbocycles. The zero-order valence-electron chi connectivity index (χ0n) is 10.4. The van der Waals surface area contributed by atoms with Crippen LogP contribution in [-0.2, 0) is 0 Å². The Morgan fingerprint density at radius 3 is 2.72 bits per heavy atom. The van der Waals surface area contributed by atoms with Gasteiger partial charge in [0, 0.05) is 12.6 Å². The van der Waals surface area contributed by atoms with Crippen molar-refractivity contribution in [1.82, 2.24) is 15.8 Å². The van der Waals surface area contributed by atoms with Crippen molar-refractivity contribution in [2.75, 3.05) is 21.3 Å². The number of guanidine groups is 1. The van der Waals surface area contributed by atoms with Crippen LogP contribution in [0.1, 0.15) is 11.7 Å². The SMILES string of the molecule is CNC(=N)N1NC1c1ccc(OC)c(OC)c1Cl. The maximum absolute atomic E-state index is 7.64. The van der Waals surface area contributed by atoms with E-state index in [-0.39, 0.29) is 12.1 Å². The monoisotopic (exact) mass is 270 g/mol. The first-order chi connectivity index (χ1) is 8.63. The lowest BCUT2D eigenvalue weighted by Gasteiger charge is -2.12. The number of benzene rings is 1. The van der Waals surface area contributed by atoms with Gasteiger partial charge in [-0.25, -0.2) is 5.43 Å². The number of halogens is 1. The Hall–Kier alpha value is -1.66. The molecule has 0 amide bonds. The van der Waals surface area contributed by atoms with Crippen molar-refractivity contribution in [2.24, 2.45) is 0 Å². The molecule has 1 aromatic rings. The van der Waals surface area contributed by atoms with E-state index in [1.54, 1.807) is 32.3 Å². The highest BCUT2D eigenvalue weighted by molar-refractivity contribution is 6.33. The highest BCUT2D eigenvalue weighted by Gasteiger charge is 2.39. The van der Waals surface area contributed by atoms with Gasteiger partial charge in [-0.15, -0.1) is 0 Å². The number of methoxy groups -OCH3 is 2. The Morgan fingerprint density at radius 2 is 2.17 bits per heavy atom. The maximum Gasteiger partial charge on any atom is 0.207 e. The molecular formula is C11H15ClN4O2. The summed E-state index contributed by atoms with van der Waals surface area (Å²) in [5.74, 6) is 1.37. The third-order valence-electron chi connectivity index (χ3n) is 2.74. The molecule has 0 bridgehead atoms. The predicted molar refractivity (Wildman–Crippen MR) is 69.1 cm³/mol. The second-order valence-electron chi connectivity index (χ2n) is 3.70. The Labute approximate surface area is 110 Å². The molecule has 98 valence electrons. The number of nitrogens with zero attached hydrogens (tertiary/aromatic N) is 1. The van der Waals surface area contributed by atoms with Crippen LogP contribution in [0.5, 0.6) is 11.5 Å². The van der Waals surface area contributed by atoms with Crippen molar-refractivity contribution in [3.05, 3.63) is 22.7 Å². The molecule has 2 rings (SSSR count). The Balaban J connectivity index is 2.29. The van der Waals surface area contributed by atoms with E-state index in [4.69, 9.17) is 26.5 Å². The molecule has 0 spiro atoms. The molecular weight excluding hydrogens is 256 g/mol. The number of hydrogen-bond acceptors (Lipinski definition) is 4. The smallest absolute Gasteiger partial charge is 0.207 e. The minimum atomic E-state index is -0.114. The quantitative estimate of drug-likeness (QED) is 0.439. The number of nitrogens with one attached hydrogen (secondary N) is 3. The van der Waals surface area contributed by atoms with Crippen LogP contribution in [0.3, 0.4) is 0 Å². The van der Waals surface area contributed by atoms with Crippen LogP contribution in [0.4, 0.5) is 0 Å². The molecule has 1 heterocycles. The molecule has 1 aliphatic heterocycles. The zero-order valence-corrected chi connectivity index (χ0v) is 11.1. The fourth-order valence-electron chi connectivity index (χ4n) is 1.74. The Kier molecular flexibility index (Phi) is 3.49. The maximum atomic E-state index is 7.64. The lowest BCUT2D eigenvalue weighted by molar-refractivity contribution is 0.354. The molecule has 6 nitrogen and oxygen atoms in total. The lowest BCUT2D eigenvalue weighted by Crippen LogP contribution is -2.26. The second-order valence-corrected chi connectivity index (χ2v) is 4.08. The van der Waals surface area contributed by atoms with Gasteiger partial charge in [0.25, 0.3) is 0 Å². The van der Waals surface area contributed by atoms with Gasteiger partial charge in [-0.3, -0.25) is 10.4 Å². The summed E-state index contributed by atoms with van der Waals surface area (Å²) < 4.78 is 10.4. The third kappa shape index (κ3) is 2.04. The number of rotatable bonds is 3. The van der Waals surface area contributed by atoms with Crippen molar-refractivity contribution in [1.29, 1.82) is 5.41 Å². The third-order valence-corrected chi connectivity index (χ3v) is 3.13. The summed E-state index contributed by atoms with van der Waals surface area (Å²) in [6.45, 7) is 0. The van der Waals surface area contributed by atoms with E-state index >= 15 is 0 Å². The largest absolute Gasteiger partial charge is 0.493 e. The summed E-state index contributed by atoms with van der Waals surface area (Å²) in [5, 5.41) is 12.5. The van der Waals surface area contributed by atoms with Crippen LogP contribution in [-0.4, -0.2) is 32.2 Å². The van der Waals surface area contributed by atoms with Gasteiger partial charge in [-0.2, -0.15) is 0 Å². The first-order valence-electron chi connectivity index (χ1n) is 5.36. The zero-order chi connectivity index (χ0) is 13.3. The van der Waals surface area contributed by atoms with Crippen molar-refractivity contribution in [3.8, 4) is 11.5 Å². The van der Waals surface area contributed by atoms with Gasteiger partial charge in [-0.05, 0) is 6.07 Å². The van der Waals surface area contributed by atoms with E-state index < -0.39 is 0 Å². The van der Waals surface area contributed by atoms with Gasteiger partial charge in [0.05, 0.1) is 19.2 Å². The van der Waals surface area contributed by atoms with Crippen LogP contribution in [0.15, 0.2) is 12.1 Å². The van der Waals surface area contributed by atoms with Crippen molar-refractivity contribution in [2.45, 2.75) is 6.17 Å². The van der Waals surface area contributed by atoms with E-state index in [1.165, 1.54) is 0 Å². The molecule has 18 heavy (non-hydrogen) atoms. The Morgan fingerprint density at radius 1 is 1.44 bits per heavy atom. The van der Waals surface area contributed by atoms with E-state index in [0.29, 0.717) is 16.5 Å². The number of ether oxygens (including phenoxy) is 2. The van der Waals surface area contributed by atoms with Crippen molar-refractivity contribution in [3.63, 3.8) is 0 Å². The molecule has 0 aromatic heterocycles. The summed E-state index contributed by atoms with van der Waals surface area (Å²) in [6.07, 6.45) is -0.114. The molecule has 1 fully saturated rings. The summed E-state index contributed by atoms with van der Waals surface area (Å²) in [7, 11) is 4.79. The van der Waals surface area contributed by atoms with Gasteiger partial charge in [-0.1, -0.05) is 17.7 Å². The minimum absolute atomic E-state index is 0.114. The first kappa shape index (κ1) is 12.8. The highest BCUT2D eigenvalue weighted by Crippen LogP contribution is 2.42. The molecule has 1 unspecified atom stereocenters. The second kappa shape index (κ2) is 4.91. The van der Waals surface area contributed by atoms with Gasteiger partial charge in [0.2, 0.25) is 5.96 Å². The normalized spacial score (nSPS) is 17.3. The molecule has 1 saturated heterocycles. The molecule has 1 aliphatic rings. The topological polar surface area (TPSA) is 79.3 Å². The number of hydrazine groups is 1.